The zero-order valence-corrected chi connectivity index (χ0v) is 11.0. The lowest BCUT2D eigenvalue weighted by molar-refractivity contribution is -0.137. The van der Waals surface area contributed by atoms with E-state index in [1.807, 2.05) is 31.2 Å². The van der Waals surface area contributed by atoms with Crippen LogP contribution in [-0.2, 0) is 11.2 Å². The van der Waals surface area contributed by atoms with E-state index in [1.165, 1.54) is 0 Å². The third kappa shape index (κ3) is 2.30. The molecule has 0 radical (unpaired) electrons. The van der Waals surface area contributed by atoms with Gasteiger partial charge in [0.1, 0.15) is 5.82 Å². The molecule has 0 fully saturated rings. The third-order valence-corrected chi connectivity index (χ3v) is 3.21. The number of pyridine rings is 1. The smallest absolute Gasteiger partial charge is 0.303 e. The Kier molecular flexibility index (Phi) is 3.02. The average Bonchev–Trinajstić information content (AvgIpc) is 2.43. The maximum Gasteiger partial charge on any atom is 0.303 e. The fourth-order valence-corrected chi connectivity index (χ4v) is 2.17. The van der Waals surface area contributed by atoms with E-state index in [0.29, 0.717) is 17.9 Å². The maximum atomic E-state index is 10.6. The quantitative estimate of drug-likeness (QED) is 0.738. The van der Waals surface area contributed by atoms with Crippen molar-refractivity contribution in [1.29, 1.82) is 0 Å². The van der Waals surface area contributed by atoms with E-state index < -0.39 is 5.97 Å². The Hall–Kier alpha value is -2.56. The van der Waals surface area contributed by atoms with Gasteiger partial charge in [-0.1, -0.05) is 18.2 Å². The summed E-state index contributed by atoms with van der Waals surface area (Å²) in [6, 6.07) is 8.01. The number of para-hydroxylation sites is 1. The number of aliphatic carboxylic acids is 1. The van der Waals surface area contributed by atoms with E-state index in [1.54, 1.807) is 6.20 Å². The number of hydrogen-bond donors (Lipinski definition) is 1. The molecule has 5 heteroatoms. The number of rotatable bonds is 3. The van der Waals surface area contributed by atoms with Crippen LogP contribution >= 0.6 is 0 Å². The van der Waals surface area contributed by atoms with Gasteiger partial charge in [-0.15, -0.1) is 0 Å². The van der Waals surface area contributed by atoms with Gasteiger partial charge in [0.05, 0.1) is 11.9 Å². The summed E-state index contributed by atoms with van der Waals surface area (Å²) in [6.45, 7) is 2.01. The van der Waals surface area contributed by atoms with Crippen LogP contribution in [0.25, 0.3) is 21.9 Å². The lowest BCUT2D eigenvalue weighted by atomic mass is 10.1. The van der Waals surface area contributed by atoms with Crippen molar-refractivity contribution in [2.24, 2.45) is 0 Å². The van der Waals surface area contributed by atoms with Crippen molar-refractivity contribution in [3.8, 4) is 0 Å². The molecule has 20 heavy (non-hydrogen) atoms. The van der Waals surface area contributed by atoms with Gasteiger partial charge < -0.3 is 5.11 Å². The van der Waals surface area contributed by atoms with E-state index >= 15 is 0 Å². The highest BCUT2D eigenvalue weighted by Crippen LogP contribution is 2.20. The van der Waals surface area contributed by atoms with Gasteiger partial charge in [0, 0.05) is 23.4 Å². The standard InChI is InChI=1S/C15H13N3O2/c1-9-3-2-4-10-7-11-8-16-12(5-6-13(19)20)17-15(11)18-14(9)10/h2-4,7-8H,5-6H2,1H3,(H,19,20). The summed E-state index contributed by atoms with van der Waals surface area (Å²) in [4.78, 5) is 23.7. The van der Waals surface area contributed by atoms with Gasteiger partial charge in [0.15, 0.2) is 5.65 Å². The first kappa shape index (κ1) is 12.5. The highest BCUT2D eigenvalue weighted by atomic mass is 16.4. The van der Waals surface area contributed by atoms with Crippen molar-refractivity contribution in [2.45, 2.75) is 19.8 Å². The van der Waals surface area contributed by atoms with Gasteiger partial charge >= 0.3 is 5.97 Å². The Morgan fingerprint density at radius 2 is 2.10 bits per heavy atom. The number of aryl methyl sites for hydroxylation is 2. The predicted octanol–water partition coefficient (Wildman–Crippen LogP) is 2.50. The predicted molar refractivity (Wildman–Crippen MR) is 75.5 cm³/mol. The number of hydrogen-bond acceptors (Lipinski definition) is 4. The number of nitrogens with zero attached hydrogens (tertiary/aromatic N) is 3. The number of benzene rings is 1. The van der Waals surface area contributed by atoms with Crippen molar-refractivity contribution < 1.29 is 9.90 Å². The van der Waals surface area contributed by atoms with Gasteiger partial charge in [0.25, 0.3) is 0 Å². The molecule has 0 aliphatic rings. The molecular weight excluding hydrogens is 254 g/mol. The molecule has 3 aromatic rings. The fourth-order valence-electron chi connectivity index (χ4n) is 2.17. The van der Waals surface area contributed by atoms with Crippen molar-refractivity contribution in [3.05, 3.63) is 41.9 Å². The summed E-state index contributed by atoms with van der Waals surface area (Å²) >= 11 is 0. The minimum absolute atomic E-state index is 0.0259. The number of fused-ring (bicyclic) bond motifs is 2. The Morgan fingerprint density at radius 3 is 2.90 bits per heavy atom. The molecule has 0 amide bonds. The first-order valence-electron chi connectivity index (χ1n) is 6.37. The SMILES string of the molecule is Cc1cccc2cc3cnc(CCC(=O)O)nc3nc12. The maximum absolute atomic E-state index is 10.6. The molecule has 0 bridgehead atoms. The highest BCUT2D eigenvalue weighted by molar-refractivity contribution is 5.92. The molecule has 3 rings (SSSR count). The topological polar surface area (TPSA) is 76.0 Å². The minimum Gasteiger partial charge on any atom is -0.481 e. The molecule has 1 aromatic carbocycles. The summed E-state index contributed by atoms with van der Waals surface area (Å²) in [6.07, 6.45) is 2.05. The minimum atomic E-state index is -0.851. The Morgan fingerprint density at radius 1 is 1.25 bits per heavy atom. The second-order valence-corrected chi connectivity index (χ2v) is 4.73. The average molecular weight is 267 g/mol. The van der Waals surface area contributed by atoms with E-state index in [0.717, 1.165) is 21.9 Å². The van der Waals surface area contributed by atoms with Crippen LogP contribution in [0.3, 0.4) is 0 Å². The van der Waals surface area contributed by atoms with E-state index in [4.69, 9.17) is 5.11 Å². The van der Waals surface area contributed by atoms with Crippen LogP contribution in [0.1, 0.15) is 17.8 Å². The van der Waals surface area contributed by atoms with Crippen LogP contribution in [-0.4, -0.2) is 26.0 Å². The zero-order chi connectivity index (χ0) is 14.1. The molecule has 0 atom stereocenters. The molecule has 100 valence electrons. The molecular formula is C15H13N3O2. The summed E-state index contributed by atoms with van der Waals surface area (Å²) in [5.41, 5.74) is 2.63. The van der Waals surface area contributed by atoms with Gasteiger partial charge in [-0.2, -0.15) is 0 Å². The zero-order valence-electron chi connectivity index (χ0n) is 11.0. The fraction of sp³-hybridized carbons (Fsp3) is 0.200. The van der Waals surface area contributed by atoms with Crippen LogP contribution in [0, 0.1) is 6.92 Å². The lowest BCUT2D eigenvalue weighted by Gasteiger charge is -2.04. The first-order chi connectivity index (χ1) is 9.63. The molecule has 0 aliphatic carbocycles. The Balaban J connectivity index is 2.11. The van der Waals surface area contributed by atoms with Crippen LogP contribution in [0.2, 0.25) is 0 Å². The number of aromatic nitrogens is 3. The second-order valence-electron chi connectivity index (χ2n) is 4.73. The van der Waals surface area contributed by atoms with Crippen molar-refractivity contribution in [2.75, 3.05) is 0 Å². The van der Waals surface area contributed by atoms with Gasteiger partial charge in [-0.25, -0.2) is 15.0 Å². The number of carboxylic acid groups (broad SMARTS) is 1. The normalized spacial score (nSPS) is 11.1. The molecule has 0 saturated heterocycles. The molecule has 2 aromatic heterocycles. The van der Waals surface area contributed by atoms with Crippen molar-refractivity contribution in [1.82, 2.24) is 15.0 Å². The monoisotopic (exact) mass is 267 g/mol. The number of carboxylic acids is 1. The largest absolute Gasteiger partial charge is 0.481 e. The molecule has 2 heterocycles. The molecule has 0 aliphatic heterocycles. The lowest BCUT2D eigenvalue weighted by Crippen LogP contribution is -2.02. The van der Waals surface area contributed by atoms with Crippen LogP contribution in [0.4, 0.5) is 0 Å². The molecule has 0 saturated carbocycles. The summed E-state index contributed by atoms with van der Waals surface area (Å²) < 4.78 is 0. The molecule has 0 unspecified atom stereocenters. The van der Waals surface area contributed by atoms with Crippen molar-refractivity contribution in [3.63, 3.8) is 0 Å². The first-order valence-corrected chi connectivity index (χ1v) is 6.37. The van der Waals surface area contributed by atoms with Gasteiger partial charge in [-0.05, 0) is 18.6 Å². The van der Waals surface area contributed by atoms with Crippen LogP contribution < -0.4 is 0 Å². The third-order valence-electron chi connectivity index (χ3n) is 3.21. The second kappa shape index (κ2) is 4.85. The molecule has 0 spiro atoms. The summed E-state index contributed by atoms with van der Waals surface area (Å²) in [5, 5.41) is 10.6. The van der Waals surface area contributed by atoms with Gasteiger partial charge in [-0.3, -0.25) is 4.79 Å². The number of carbonyl (C=O) groups is 1. The Labute approximate surface area is 115 Å². The Bertz CT molecular complexity index is 815. The van der Waals surface area contributed by atoms with Gasteiger partial charge in [0.2, 0.25) is 0 Å². The van der Waals surface area contributed by atoms with Crippen molar-refractivity contribution >= 4 is 27.9 Å². The highest BCUT2D eigenvalue weighted by Gasteiger charge is 2.06. The van der Waals surface area contributed by atoms with Crippen LogP contribution in [0.5, 0.6) is 0 Å². The van der Waals surface area contributed by atoms with E-state index in [9.17, 15) is 4.79 Å². The van der Waals surface area contributed by atoms with Crippen LogP contribution in [0.15, 0.2) is 30.5 Å². The summed E-state index contributed by atoms with van der Waals surface area (Å²) in [7, 11) is 0. The van der Waals surface area contributed by atoms with E-state index in [2.05, 4.69) is 15.0 Å². The molecule has 5 nitrogen and oxygen atoms in total. The molecule has 1 N–H and O–H groups in total. The van der Waals surface area contributed by atoms with E-state index in [-0.39, 0.29) is 6.42 Å². The summed E-state index contributed by atoms with van der Waals surface area (Å²) in [5.74, 6) is -0.337.